The number of aromatic carboxylic acids is 1. The average Bonchev–Trinajstić information content (AvgIpc) is 2.46. The highest BCUT2D eigenvalue weighted by atomic mass is 16.5. The molecule has 0 aromatic carbocycles. The van der Waals surface area contributed by atoms with Gasteiger partial charge in [0.2, 0.25) is 0 Å². The second-order valence-corrected chi connectivity index (χ2v) is 3.66. The molecule has 2 aromatic heterocycles. The van der Waals surface area contributed by atoms with E-state index in [9.17, 15) is 9.59 Å². The molecule has 0 atom stereocenters. The molecule has 0 radical (unpaired) electrons. The van der Waals surface area contributed by atoms with Crippen LogP contribution >= 0.6 is 0 Å². The lowest BCUT2D eigenvalue weighted by molar-refractivity contribution is 0.0599. The zero-order valence-electron chi connectivity index (χ0n) is 10.0. The Bertz CT molecular complexity index is 606. The number of hydrogen-bond acceptors (Lipinski definition) is 5. The predicted molar refractivity (Wildman–Crippen MR) is 65.8 cm³/mol. The van der Waals surface area contributed by atoms with Crippen LogP contribution in [-0.4, -0.2) is 34.1 Å². The molecule has 0 saturated carbocycles. The third-order valence-corrected chi connectivity index (χ3v) is 2.46. The van der Waals surface area contributed by atoms with E-state index in [0.29, 0.717) is 17.0 Å². The van der Waals surface area contributed by atoms with E-state index in [1.54, 1.807) is 18.2 Å². The van der Waals surface area contributed by atoms with Gasteiger partial charge in [-0.1, -0.05) is 0 Å². The van der Waals surface area contributed by atoms with E-state index >= 15 is 0 Å². The molecule has 2 aromatic rings. The maximum atomic E-state index is 11.2. The zero-order chi connectivity index (χ0) is 13.8. The van der Waals surface area contributed by atoms with E-state index in [4.69, 9.17) is 5.11 Å². The molecule has 19 heavy (non-hydrogen) atoms. The first-order valence-electron chi connectivity index (χ1n) is 5.36. The van der Waals surface area contributed by atoms with Crippen molar-refractivity contribution in [3.63, 3.8) is 0 Å². The van der Waals surface area contributed by atoms with Crippen molar-refractivity contribution in [2.75, 3.05) is 7.11 Å². The van der Waals surface area contributed by atoms with Gasteiger partial charge in [0.1, 0.15) is 0 Å². The number of carboxylic acids is 1. The Morgan fingerprint density at radius 2 is 1.53 bits per heavy atom. The van der Waals surface area contributed by atoms with Crippen LogP contribution < -0.4 is 0 Å². The monoisotopic (exact) mass is 258 g/mol. The summed E-state index contributed by atoms with van der Waals surface area (Å²) < 4.78 is 4.56. The molecule has 0 aliphatic rings. The summed E-state index contributed by atoms with van der Waals surface area (Å²) in [5, 5.41) is 8.76. The van der Waals surface area contributed by atoms with Crippen molar-refractivity contribution in [1.29, 1.82) is 0 Å². The summed E-state index contributed by atoms with van der Waals surface area (Å²) in [6, 6.07) is 6.19. The van der Waals surface area contributed by atoms with E-state index in [0.717, 1.165) is 0 Å². The van der Waals surface area contributed by atoms with Gasteiger partial charge in [-0.25, -0.2) is 9.59 Å². The van der Waals surface area contributed by atoms with Crippen LogP contribution in [0.25, 0.3) is 11.4 Å². The summed E-state index contributed by atoms with van der Waals surface area (Å²) in [4.78, 5) is 30.0. The normalized spacial score (nSPS) is 9.95. The van der Waals surface area contributed by atoms with Gasteiger partial charge in [-0.2, -0.15) is 0 Å². The Labute approximate surface area is 108 Å². The minimum atomic E-state index is -1.03. The molecule has 6 nitrogen and oxygen atoms in total. The van der Waals surface area contributed by atoms with Crippen molar-refractivity contribution < 1.29 is 19.4 Å². The number of nitrogens with zero attached hydrogens (tertiary/aromatic N) is 2. The molecule has 0 unspecified atom stereocenters. The van der Waals surface area contributed by atoms with E-state index in [2.05, 4.69) is 14.7 Å². The molecule has 0 saturated heterocycles. The smallest absolute Gasteiger partial charge is 0.339 e. The number of hydrogen-bond donors (Lipinski definition) is 1. The summed E-state index contributed by atoms with van der Waals surface area (Å²) in [5.41, 5.74) is 1.52. The van der Waals surface area contributed by atoms with Gasteiger partial charge in [-0.3, -0.25) is 9.97 Å². The molecule has 0 fully saturated rings. The van der Waals surface area contributed by atoms with Crippen molar-refractivity contribution in [1.82, 2.24) is 9.97 Å². The number of carbonyl (C=O) groups is 2. The molecular weight excluding hydrogens is 248 g/mol. The van der Waals surface area contributed by atoms with Gasteiger partial charge >= 0.3 is 11.9 Å². The van der Waals surface area contributed by atoms with Gasteiger partial charge in [0.25, 0.3) is 0 Å². The quantitative estimate of drug-likeness (QED) is 0.841. The molecule has 0 amide bonds. The Kier molecular flexibility index (Phi) is 3.51. The fraction of sp³-hybridized carbons (Fsp3) is 0.0769. The first kappa shape index (κ1) is 12.7. The summed E-state index contributed by atoms with van der Waals surface area (Å²) in [6.07, 6.45) is 2.64. The van der Waals surface area contributed by atoms with Crippen molar-refractivity contribution in [3.8, 4) is 11.4 Å². The molecule has 0 bridgehead atoms. The highest BCUT2D eigenvalue weighted by molar-refractivity contribution is 5.89. The number of aromatic nitrogens is 2. The number of pyridine rings is 2. The van der Waals surface area contributed by atoms with Crippen LogP contribution in [0.2, 0.25) is 0 Å². The van der Waals surface area contributed by atoms with Crippen LogP contribution in [0.4, 0.5) is 0 Å². The largest absolute Gasteiger partial charge is 0.478 e. The lowest BCUT2D eigenvalue weighted by atomic mass is 10.2. The highest BCUT2D eigenvalue weighted by Gasteiger charge is 2.08. The topological polar surface area (TPSA) is 89.4 Å². The SMILES string of the molecule is COC(=O)c1ccc(-c2ccc(C(=O)O)cn2)nc1. The standard InChI is InChI=1S/C13H10N2O4/c1-19-13(18)9-3-5-11(15-7-9)10-4-2-8(6-14-10)12(16)17/h2-7H,1H3,(H,16,17). The lowest BCUT2D eigenvalue weighted by Crippen LogP contribution is -2.02. The van der Waals surface area contributed by atoms with Crippen molar-refractivity contribution in [3.05, 3.63) is 47.8 Å². The minimum absolute atomic E-state index is 0.106. The molecule has 2 rings (SSSR count). The van der Waals surface area contributed by atoms with Crippen LogP contribution in [0.3, 0.4) is 0 Å². The van der Waals surface area contributed by atoms with Crippen molar-refractivity contribution >= 4 is 11.9 Å². The molecule has 0 aliphatic carbocycles. The molecule has 0 spiro atoms. The van der Waals surface area contributed by atoms with Crippen LogP contribution in [0.5, 0.6) is 0 Å². The Morgan fingerprint density at radius 1 is 1.00 bits per heavy atom. The van der Waals surface area contributed by atoms with Crippen molar-refractivity contribution in [2.45, 2.75) is 0 Å². The number of ether oxygens (including phenoxy) is 1. The van der Waals surface area contributed by atoms with Gasteiger partial charge in [-0.05, 0) is 24.3 Å². The van der Waals surface area contributed by atoms with E-state index < -0.39 is 11.9 Å². The molecular formula is C13H10N2O4. The van der Waals surface area contributed by atoms with Gasteiger partial charge in [0.05, 0.1) is 29.6 Å². The fourth-order valence-corrected chi connectivity index (χ4v) is 1.46. The zero-order valence-corrected chi connectivity index (χ0v) is 10.0. The molecule has 96 valence electrons. The third-order valence-electron chi connectivity index (χ3n) is 2.46. The summed E-state index contributed by atoms with van der Waals surface area (Å²) >= 11 is 0. The van der Waals surface area contributed by atoms with E-state index in [1.165, 1.54) is 25.6 Å². The molecule has 6 heteroatoms. The number of methoxy groups -OCH3 is 1. The van der Waals surface area contributed by atoms with Gasteiger partial charge in [-0.15, -0.1) is 0 Å². The molecule has 0 aliphatic heterocycles. The maximum absolute atomic E-state index is 11.2. The van der Waals surface area contributed by atoms with Gasteiger partial charge < -0.3 is 9.84 Å². The second kappa shape index (κ2) is 5.26. The lowest BCUT2D eigenvalue weighted by Gasteiger charge is -2.02. The number of rotatable bonds is 3. The van der Waals surface area contributed by atoms with Gasteiger partial charge in [0, 0.05) is 12.4 Å². The summed E-state index contributed by atoms with van der Waals surface area (Å²) in [7, 11) is 1.29. The minimum Gasteiger partial charge on any atom is -0.478 e. The molecule has 1 N–H and O–H groups in total. The maximum Gasteiger partial charge on any atom is 0.339 e. The Morgan fingerprint density at radius 3 is 1.89 bits per heavy atom. The van der Waals surface area contributed by atoms with Crippen LogP contribution in [0.1, 0.15) is 20.7 Å². The number of carbonyl (C=O) groups excluding carboxylic acids is 1. The van der Waals surface area contributed by atoms with E-state index in [1.807, 2.05) is 0 Å². The fourth-order valence-electron chi connectivity index (χ4n) is 1.46. The van der Waals surface area contributed by atoms with Crippen molar-refractivity contribution in [2.24, 2.45) is 0 Å². The third kappa shape index (κ3) is 2.74. The summed E-state index contributed by atoms with van der Waals surface area (Å²) in [5.74, 6) is -1.50. The second-order valence-electron chi connectivity index (χ2n) is 3.66. The highest BCUT2D eigenvalue weighted by Crippen LogP contribution is 2.15. The summed E-state index contributed by atoms with van der Waals surface area (Å²) in [6.45, 7) is 0. The average molecular weight is 258 g/mol. The van der Waals surface area contributed by atoms with Crippen LogP contribution in [0.15, 0.2) is 36.7 Å². The first-order valence-corrected chi connectivity index (χ1v) is 5.36. The first-order chi connectivity index (χ1) is 9.11. The Balaban J connectivity index is 2.27. The number of carboxylic acid groups (broad SMARTS) is 1. The van der Waals surface area contributed by atoms with Gasteiger partial charge in [0.15, 0.2) is 0 Å². The Hall–Kier alpha value is -2.76. The van der Waals surface area contributed by atoms with Crippen LogP contribution in [-0.2, 0) is 4.74 Å². The van der Waals surface area contributed by atoms with Crippen LogP contribution in [0, 0.1) is 0 Å². The predicted octanol–water partition coefficient (Wildman–Crippen LogP) is 1.63. The van der Waals surface area contributed by atoms with E-state index in [-0.39, 0.29) is 5.56 Å². The molecule has 2 heterocycles. The number of esters is 1.